The first-order valence-electron chi connectivity index (χ1n) is 11.2. The van der Waals surface area contributed by atoms with E-state index in [-0.39, 0.29) is 0 Å². The number of pyridine rings is 1. The highest BCUT2D eigenvalue weighted by Crippen LogP contribution is 2.24. The summed E-state index contributed by atoms with van der Waals surface area (Å²) >= 11 is 0. The second-order valence-corrected chi connectivity index (χ2v) is 8.14. The molecule has 1 aromatic heterocycles. The van der Waals surface area contributed by atoms with Crippen LogP contribution in [0.3, 0.4) is 0 Å². The first-order valence-corrected chi connectivity index (χ1v) is 11.2. The predicted octanol–water partition coefficient (Wildman–Crippen LogP) is 6.01. The highest BCUT2D eigenvalue weighted by atomic mass is 16.5. The molecule has 0 aliphatic rings. The second kappa shape index (κ2) is 11.3. The van der Waals surface area contributed by atoms with Crippen molar-refractivity contribution in [1.82, 2.24) is 10.3 Å². The molecule has 0 fully saturated rings. The fourth-order valence-corrected chi connectivity index (χ4v) is 3.91. The number of benzene rings is 3. The van der Waals surface area contributed by atoms with Gasteiger partial charge in [-0.1, -0.05) is 78.9 Å². The first-order chi connectivity index (χ1) is 15.8. The Morgan fingerprint density at radius 1 is 0.750 bits per heavy atom. The van der Waals surface area contributed by atoms with Gasteiger partial charge in [0.1, 0.15) is 12.4 Å². The Kier molecular flexibility index (Phi) is 7.67. The first kappa shape index (κ1) is 21.8. The van der Waals surface area contributed by atoms with E-state index in [9.17, 15) is 0 Å². The molecule has 0 spiro atoms. The van der Waals surface area contributed by atoms with Crippen molar-refractivity contribution in [3.8, 4) is 5.75 Å². The van der Waals surface area contributed by atoms with Crippen molar-refractivity contribution in [3.63, 3.8) is 0 Å². The summed E-state index contributed by atoms with van der Waals surface area (Å²) < 4.78 is 5.85. The molecule has 0 aliphatic carbocycles. The molecule has 3 aromatic carbocycles. The number of rotatable bonds is 10. The Bertz CT molecular complexity index is 1010. The third-order valence-corrected chi connectivity index (χ3v) is 5.65. The molecule has 162 valence electrons. The predicted molar refractivity (Wildman–Crippen MR) is 131 cm³/mol. The van der Waals surface area contributed by atoms with Crippen molar-refractivity contribution in [2.24, 2.45) is 0 Å². The number of ether oxygens (including phenoxy) is 1. The molecule has 4 rings (SSSR count). The van der Waals surface area contributed by atoms with E-state index in [1.165, 1.54) is 16.7 Å². The molecule has 32 heavy (non-hydrogen) atoms. The van der Waals surface area contributed by atoms with Crippen molar-refractivity contribution in [1.29, 1.82) is 0 Å². The molecule has 3 heteroatoms. The number of nitrogens with one attached hydrogen (secondary N) is 1. The van der Waals surface area contributed by atoms with Crippen LogP contribution in [-0.2, 0) is 13.0 Å². The van der Waals surface area contributed by atoms with Gasteiger partial charge in [-0.25, -0.2) is 0 Å². The maximum atomic E-state index is 5.85. The Hall–Kier alpha value is -3.43. The van der Waals surface area contributed by atoms with Gasteiger partial charge in [-0.05, 0) is 54.3 Å². The topological polar surface area (TPSA) is 34.1 Å². The molecule has 1 atom stereocenters. The van der Waals surface area contributed by atoms with E-state index >= 15 is 0 Å². The Morgan fingerprint density at radius 3 is 1.97 bits per heavy atom. The maximum absolute atomic E-state index is 5.85. The molecular formula is C29H30N2O. The highest BCUT2D eigenvalue weighted by molar-refractivity contribution is 5.33. The lowest BCUT2D eigenvalue weighted by atomic mass is 9.91. The fourth-order valence-electron chi connectivity index (χ4n) is 3.91. The Morgan fingerprint density at radius 2 is 1.38 bits per heavy atom. The van der Waals surface area contributed by atoms with Gasteiger partial charge in [0.15, 0.2) is 0 Å². The lowest BCUT2D eigenvalue weighted by Crippen LogP contribution is -2.32. The van der Waals surface area contributed by atoms with E-state index in [2.05, 4.69) is 90.0 Å². The standard InChI is InChI=1S/C29H30N2O/c1-23(20-24-15-17-28(18-16-24)32-22-27-14-8-9-19-30-27)31-21-29(25-10-4-2-5-11-25)26-12-6-3-7-13-26/h2-19,23,29,31H,20-22H2,1H3. The van der Waals surface area contributed by atoms with Crippen LogP contribution in [0.1, 0.15) is 35.2 Å². The molecule has 1 N–H and O–H groups in total. The normalized spacial score (nSPS) is 11.9. The average molecular weight is 423 g/mol. The van der Waals surface area contributed by atoms with Crippen LogP contribution in [0.4, 0.5) is 0 Å². The molecule has 0 bridgehead atoms. The minimum Gasteiger partial charge on any atom is -0.487 e. The van der Waals surface area contributed by atoms with Crippen LogP contribution >= 0.6 is 0 Å². The zero-order valence-electron chi connectivity index (χ0n) is 18.5. The maximum Gasteiger partial charge on any atom is 0.130 e. The number of hydrogen-bond donors (Lipinski definition) is 1. The van der Waals surface area contributed by atoms with Crippen LogP contribution in [0.5, 0.6) is 5.75 Å². The summed E-state index contributed by atoms with van der Waals surface area (Å²) in [6, 6.07) is 36.1. The number of hydrogen-bond acceptors (Lipinski definition) is 3. The van der Waals surface area contributed by atoms with Crippen LogP contribution in [0.25, 0.3) is 0 Å². The third-order valence-electron chi connectivity index (χ3n) is 5.65. The summed E-state index contributed by atoms with van der Waals surface area (Å²) in [6.07, 6.45) is 2.76. The van der Waals surface area contributed by atoms with E-state index in [1.54, 1.807) is 6.20 Å². The van der Waals surface area contributed by atoms with Gasteiger partial charge in [0.25, 0.3) is 0 Å². The molecule has 0 aliphatic heterocycles. The van der Waals surface area contributed by atoms with Crippen molar-refractivity contribution in [3.05, 3.63) is 132 Å². The highest BCUT2D eigenvalue weighted by Gasteiger charge is 2.15. The minimum absolute atomic E-state index is 0.335. The molecule has 0 radical (unpaired) electrons. The monoisotopic (exact) mass is 422 g/mol. The van der Waals surface area contributed by atoms with E-state index in [0.29, 0.717) is 18.6 Å². The van der Waals surface area contributed by atoms with Gasteiger partial charge >= 0.3 is 0 Å². The number of nitrogens with zero attached hydrogens (tertiary/aromatic N) is 1. The summed E-state index contributed by atoms with van der Waals surface area (Å²) in [6.45, 7) is 3.64. The largest absolute Gasteiger partial charge is 0.487 e. The van der Waals surface area contributed by atoms with Gasteiger partial charge in [0.05, 0.1) is 5.69 Å². The van der Waals surface area contributed by atoms with Gasteiger partial charge in [0, 0.05) is 24.7 Å². The lowest BCUT2D eigenvalue weighted by Gasteiger charge is -2.22. The fraction of sp³-hybridized carbons (Fsp3) is 0.207. The van der Waals surface area contributed by atoms with Gasteiger partial charge in [-0.2, -0.15) is 0 Å². The summed E-state index contributed by atoms with van der Waals surface area (Å²) in [7, 11) is 0. The smallest absolute Gasteiger partial charge is 0.130 e. The summed E-state index contributed by atoms with van der Waals surface area (Å²) in [5, 5.41) is 3.75. The molecule has 0 saturated carbocycles. The molecule has 0 saturated heterocycles. The van der Waals surface area contributed by atoms with Crippen molar-refractivity contribution < 1.29 is 4.74 Å². The summed E-state index contributed by atoms with van der Waals surface area (Å²) in [5.41, 5.74) is 4.91. The molecular weight excluding hydrogens is 392 g/mol. The Labute approximate surface area is 191 Å². The molecule has 1 unspecified atom stereocenters. The van der Waals surface area contributed by atoms with E-state index in [0.717, 1.165) is 24.4 Å². The number of aromatic nitrogens is 1. The quantitative estimate of drug-likeness (QED) is 0.340. The molecule has 0 amide bonds. The van der Waals surface area contributed by atoms with Crippen LogP contribution in [0.15, 0.2) is 109 Å². The molecule has 3 nitrogen and oxygen atoms in total. The average Bonchev–Trinajstić information content (AvgIpc) is 2.86. The second-order valence-electron chi connectivity index (χ2n) is 8.14. The van der Waals surface area contributed by atoms with Crippen LogP contribution < -0.4 is 10.1 Å². The van der Waals surface area contributed by atoms with E-state index in [4.69, 9.17) is 4.74 Å². The Balaban J connectivity index is 1.32. The van der Waals surface area contributed by atoms with Crippen molar-refractivity contribution in [2.45, 2.75) is 31.9 Å². The summed E-state index contributed by atoms with van der Waals surface area (Å²) in [4.78, 5) is 4.30. The summed E-state index contributed by atoms with van der Waals surface area (Å²) in [5.74, 6) is 1.20. The van der Waals surface area contributed by atoms with Crippen LogP contribution in [0, 0.1) is 0 Å². The third kappa shape index (κ3) is 6.29. The van der Waals surface area contributed by atoms with Gasteiger partial charge in [-0.15, -0.1) is 0 Å². The molecule has 1 heterocycles. The molecule has 4 aromatic rings. The van der Waals surface area contributed by atoms with Gasteiger partial charge in [0.2, 0.25) is 0 Å². The van der Waals surface area contributed by atoms with E-state index < -0.39 is 0 Å². The van der Waals surface area contributed by atoms with Crippen molar-refractivity contribution in [2.75, 3.05) is 6.54 Å². The van der Waals surface area contributed by atoms with Gasteiger partial charge in [-0.3, -0.25) is 4.98 Å². The van der Waals surface area contributed by atoms with Gasteiger partial charge < -0.3 is 10.1 Å². The SMILES string of the molecule is CC(Cc1ccc(OCc2ccccn2)cc1)NCC(c1ccccc1)c1ccccc1. The zero-order chi connectivity index (χ0) is 22.0. The van der Waals surface area contributed by atoms with Crippen LogP contribution in [0.2, 0.25) is 0 Å². The van der Waals surface area contributed by atoms with E-state index in [1.807, 2.05) is 30.3 Å². The zero-order valence-corrected chi connectivity index (χ0v) is 18.5. The van der Waals surface area contributed by atoms with Crippen LogP contribution in [-0.4, -0.2) is 17.6 Å². The lowest BCUT2D eigenvalue weighted by molar-refractivity contribution is 0.301. The minimum atomic E-state index is 0.335. The van der Waals surface area contributed by atoms with Crippen molar-refractivity contribution >= 4 is 0 Å².